The largest absolute Gasteiger partial charge is 0.323 e. The molecule has 1 heterocycles. The minimum absolute atomic E-state index is 0.0902. The van der Waals surface area contributed by atoms with E-state index < -0.39 is 0 Å². The highest BCUT2D eigenvalue weighted by Crippen LogP contribution is 2.42. The minimum Gasteiger partial charge on any atom is -0.323 e. The molecular weight excluding hydrogens is 236 g/mol. The standard InChI is InChI=1S/C13H17ClN2O/c1-2-13(7-3-4-8-13)12(17)16-10-6-5-9-15-11(10)14/h5-6,9H,2-4,7-8H2,1H3,(H,16,17). The maximum absolute atomic E-state index is 12.3. The second-order valence-corrected chi connectivity index (χ2v) is 4.99. The smallest absolute Gasteiger partial charge is 0.230 e. The summed E-state index contributed by atoms with van der Waals surface area (Å²) in [6, 6.07) is 3.56. The Morgan fingerprint density at radius 1 is 1.53 bits per heavy atom. The molecular formula is C13H17ClN2O. The number of amides is 1. The van der Waals surface area contributed by atoms with Gasteiger partial charge < -0.3 is 5.32 Å². The summed E-state index contributed by atoms with van der Waals surface area (Å²) >= 11 is 5.94. The topological polar surface area (TPSA) is 42.0 Å². The molecule has 17 heavy (non-hydrogen) atoms. The van der Waals surface area contributed by atoms with Gasteiger partial charge in [-0.15, -0.1) is 0 Å². The molecule has 1 saturated carbocycles. The van der Waals surface area contributed by atoms with Gasteiger partial charge in [0.25, 0.3) is 0 Å². The van der Waals surface area contributed by atoms with E-state index in [9.17, 15) is 4.79 Å². The van der Waals surface area contributed by atoms with E-state index in [1.54, 1.807) is 18.3 Å². The van der Waals surface area contributed by atoms with Crippen molar-refractivity contribution in [1.82, 2.24) is 4.98 Å². The van der Waals surface area contributed by atoms with E-state index in [-0.39, 0.29) is 11.3 Å². The van der Waals surface area contributed by atoms with Crippen molar-refractivity contribution in [3.05, 3.63) is 23.5 Å². The van der Waals surface area contributed by atoms with E-state index in [1.165, 1.54) is 0 Å². The molecule has 1 aromatic heterocycles. The third kappa shape index (κ3) is 2.44. The Balaban J connectivity index is 2.14. The number of nitrogens with one attached hydrogen (secondary N) is 1. The summed E-state index contributed by atoms with van der Waals surface area (Å²) in [5, 5.41) is 3.26. The Bertz CT molecular complexity index is 414. The predicted molar refractivity (Wildman–Crippen MR) is 69.1 cm³/mol. The summed E-state index contributed by atoms with van der Waals surface area (Å²) < 4.78 is 0. The van der Waals surface area contributed by atoms with Crippen molar-refractivity contribution in [2.45, 2.75) is 39.0 Å². The van der Waals surface area contributed by atoms with Crippen molar-refractivity contribution in [2.24, 2.45) is 5.41 Å². The number of carbonyl (C=O) groups is 1. The van der Waals surface area contributed by atoms with Gasteiger partial charge in [-0.25, -0.2) is 4.98 Å². The number of halogens is 1. The van der Waals surface area contributed by atoms with Gasteiger partial charge in [-0.05, 0) is 31.4 Å². The third-order valence-electron chi connectivity index (χ3n) is 3.73. The molecule has 1 fully saturated rings. The second-order valence-electron chi connectivity index (χ2n) is 4.64. The van der Waals surface area contributed by atoms with Crippen LogP contribution in [0.1, 0.15) is 39.0 Å². The van der Waals surface area contributed by atoms with Crippen LogP contribution < -0.4 is 5.32 Å². The fraction of sp³-hybridized carbons (Fsp3) is 0.538. The number of rotatable bonds is 3. The quantitative estimate of drug-likeness (QED) is 0.835. The summed E-state index contributed by atoms with van der Waals surface area (Å²) in [4.78, 5) is 16.3. The van der Waals surface area contributed by atoms with Gasteiger partial charge in [-0.3, -0.25) is 4.79 Å². The lowest BCUT2D eigenvalue weighted by atomic mass is 9.82. The highest BCUT2D eigenvalue weighted by molar-refractivity contribution is 6.32. The molecule has 1 aliphatic rings. The molecule has 0 aliphatic heterocycles. The lowest BCUT2D eigenvalue weighted by Crippen LogP contribution is -2.33. The Morgan fingerprint density at radius 2 is 2.24 bits per heavy atom. The molecule has 0 saturated heterocycles. The Labute approximate surface area is 107 Å². The molecule has 0 radical (unpaired) electrons. The molecule has 0 spiro atoms. The van der Waals surface area contributed by atoms with Crippen molar-refractivity contribution in [2.75, 3.05) is 5.32 Å². The first-order valence-electron chi connectivity index (χ1n) is 6.10. The molecule has 1 aliphatic carbocycles. The van der Waals surface area contributed by atoms with Gasteiger partial charge >= 0.3 is 0 Å². The zero-order valence-corrected chi connectivity index (χ0v) is 10.8. The molecule has 0 aromatic carbocycles. The zero-order chi connectivity index (χ0) is 12.3. The summed E-state index contributed by atoms with van der Waals surface area (Å²) in [6.45, 7) is 2.08. The van der Waals surface area contributed by atoms with Crippen LogP contribution in [0.25, 0.3) is 0 Å². The Kier molecular flexibility index (Phi) is 3.67. The minimum atomic E-state index is -0.195. The highest BCUT2D eigenvalue weighted by atomic mass is 35.5. The van der Waals surface area contributed by atoms with Gasteiger partial charge in [-0.1, -0.05) is 31.4 Å². The first kappa shape index (κ1) is 12.4. The molecule has 4 heteroatoms. The van der Waals surface area contributed by atoms with Crippen LogP contribution in [0.5, 0.6) is 0 Å². The van der Waals surface area contributed by atoms with Gasteiger partial charge in [0.1, 0.15) is 0 Å². The monoisotopic (exact) mass is 252 g/mol. The molecule has 3 nitrogen and oxygen atoms in total. The SMILES string of the molecule is CCC1(C(=O)Nc2cccnc2Cl)CCCC1. The molecule has 1 amide bonds. The zero-order valence-electron chi connectivity index (χ0n) is 10.0. The normalized spacial score (nSPS) is 18.0. The van der Waals surface area contributed by atoms with Crippen LogP contribution in [-0.4, -0.2) is 10.9 Å². The molecule has 0 atom stereocenters. The third-order valence-corrected chi connectivity index (χ3v) is 4.03. The summed E-state index contributed by atoms with van der Waals surface area (Å²) in [5.74, 6) is 0.0902. The van der Waals surface area contributed by atoms with Crippen LogP contribution in [0.2, 0.25) is 5.15 Å². The fourth-order valence-corrected chi connectivity index (χ4v) is 2.69. The van der Waals surface area contributed by atoms with Gasteiger partial charge in [0.05, 0.1) is 5.69 Å². The van der Waals surface area contributed by atoms with Crippen molar-refractivity contribution in [1.29, 1.82) is 0 Å². The van der Waals surface area contributed by atoms with Crippen LogP contribution in [-0.2, 0) is 4.79 Å². The molecule has 0 bridgehead atoms. The molecule has 2 rings (SSSR count). The van der Waals surface area contributed by atoms with Crippen molar-refractivity contribution in [3.63, 3.8) is 0 Å². The molecule has 1 N–H and O–H groups in total. The first-order valence-corrected chi connectivity index (χ1v) is 6.48. The highest BCUT2D eigenvalue weighted by Gasteiger charge is 2.39. The maximum Gasteiger partial charge on any atom is 0.230 e. The number of pyridine rings is 1. The number of aromatic nitrogens is 1. The van der Waals surface area contributed by atoms with E-state index in [2.05, 4.69) is 17.2 Å². The molecule has 1 aromatic rings. The van der Waals surface area contributed by atoms with Gasteiger partial charge in [0, 0.05) is 11.6 Å². The second kappa shape index (κ2) is 5.05. The number of anilines is 1. The summed E-state index contributed by atoms with van der Waals surface area (Å²) in [7, 11) is 0. The lowest BCUT2D eigenvalue weighted by molar-refractivity contribution is -0.125. The van der Waals surface area contributed by atoms with Gasteiger partial charge in [0.15, 0.2) is 5.15 Å². The van der Waals surface area contributed by atoms with Crippen molar-refractivity contribution >= 4 is 23.2 Å². The van der Waals surface area contributed by atoms with Crippen LogP contribution >= 0.6 is 11.6 Å². The fourth-order valence-electron chi connectivity index (χ4n) is 2.53. The Morgan fingerprint density at radius 3 is 2.82 bits per heavy atom. The predicted octanol–water partition coefficient (Wildman–Crippen LogP) is 3.64. The number of hydrogen-bond donors (Lipinski definition) is 1. The van der Waals surface area contributed by atoms with Crippen LogP contribution in [0.15, 0.2) is 18.3 Å². The number of nitrogens with zero attached hydrogens (tertiary/aromatic N) is 1. The maximum atomic E-state index is 12.3. The molecule has 92 valence electrons. The van der Waals surface area contributed by atoms with E-state index in [0.717, 1.165) is 32.1 Å². The van der Waals surface area contributed by atoms with E-state index in [0.29, 0.717) is 10.8 Å². The van der Waals surface area contributed by atoms with Crippen LogP contribution in [0, 0.1) is 5.41 Å². The average Bonchev–Trinajstić information content (AvgIpc) is 2.82. The van der Waals surface area contributed by atoms with E-state index >= 15 is 0 Å². The van der Waals surface area contributed by atoms with E-state index in [4.69, 9.17) is 11.6 Å². The van der Waals surface area contributed by atoms with E-state index in [1.807, 2.05) is 0 Å². The summed E-state index contributed by atoms with van der Waals surface area (Å²) in [6.07, 6.45) is 6.74. The summed E-state index contributed by atoms with van der Waals surface area (Å²) in [5.41, 5.74) is 0.415. The average molecular weight is 253 g/mol. The first-order chi connectivity index (χ1) is 8.18. The molecule has 0 unspecified atom stereocenters. The number of hydrogen-bond acceptors (Lipinski definition) is 2. The van der Waals surface area contributed by atoms with Crippen molar-refractivity contribution < 1.29 is 4.79 Å². The van der Waals surface area contributed by atoms with Crippen LogP contribution in [0.4, 0.5) is 5.69 Å². The van der Waals surface area contributed by atoms with Crippen molar-refractivity contribution in [3.8, 4) is 0 Å². The number of carbonyl (C=O) groups excluding carboxylic acids is 1. The lowest BCUT2D eigenvalue weighted by Gasteiger charge is -2.26. The Hall–Kier alpha value is -1.09. The van der Waals surface area contributed by atoms with Gasteiger partial charge in [0.2, 0.25) is 5.91 Å². The van der Waals surface area contributed by atoms with Crippen LogP contribution in [0.3, 0.4) is 0 Å². The van der Waals surface area contributed by atoms with Gasteiger partial charge in [-0.2, -0.15) is 0 Å².